The van der Waals surface area contributed by atoms with Crippen molar-refractivity contribution in [3.63, 3.8) is 0 Å². The van der Waals surface area contributed by atoms with E-state index in [2.05, 4.69) is 88.4 Å². The van der Waals surface area contributed by atoms with Crippen molar-refractivity contribution in [2.24, 2.45) is 0 Å². The molecule has 2 saturated heterocycles. The Morgan fingerprint density at radius 3 is 0.877 bits per heavy atom. The molecule has 2 aromatic carbocycles. The van der Waals surface area contributed by atoms with Crippen LogP contribution in [0.4, 0.5) is 0 Å². The summed E-state index contributed by atoms with van der Waals surface area (Å²) in [4.78, 5) is 0. The van der Waals surface area contributed by atoms with E-state index < -0.39 is 0 Å². The minimum atomic E-state index is -0.107. The molecule has 2 fully saturated rings. The topological polar surface area (TPSA) is 34.3 Å². The molecule has 4 rings (SSSR count). The van der Waals surface area contributed by atoms with E-state index in [1.807, 2.05) is 0 Å². The Hall–Kier alpha value is -1.68. The molecule has 2 aliphatic rings. The molecule has 0 spiro atoms. The molecule has 2 aliphatic heterocycles. The highest BCUT2D eigenvalue weighted by Crippen LogP contribution is 2.57. The molecular formula is C54H90O3. The fraction of sp³-hybridized carbons (Fsp3) is 0.778. The Kier molecular flexibility index (Phi) is 24.2. The van der Waals surface area contributed by atoms with Gasteiger partial charge >= 0.3 is 0 Å². The monoisotopic (exact) mass is 787 g/mol. The van der Waals surface area contributed by atoms with Crippen molar-refractivity contribution in [2.75, 3.05) is 0 Å². The maximum absolute atomic E-state index is 7.62. The van der Waals surface area contributed by atoms with Crippen molar-refractivity contribution in [2.45, 2.75) is 269 Å². The van der Waals surface area contributed by atoms with Crippen LogP contribution in [0.1, 0.15) is 256 Å². The molecule has 3 nitrogen and oxygen atoms in total. The van der Waals surface area contributed by atoms with E-state index in [0.29, 0.717) is 0 Å². The molecule has 324 valence electrons. The van der Waals surface area contributed by atoms with Gasteiger partial charge in [-0.2, -0.15) is 0 Å². The third-order valence-electron chi connectivity index (χ3n) is 13.6. The molecule has 0 bridgehead atoms. The van der Waals surface area contributed by atoms with Crippen molar-refractivity contribution in [1.82, 2.24) is 0 Å². The highest BCUT2D eigenvalue weighted by molar-refractivity contribution is 5.27. The van der Waals surface area contributed by atoms with E-state index in [-0.39, 0.29) is 35.6 Å². The molecule has 0 aliphatic carbocycles. The maximum Gasteiger partial charge on any atom is 0.118 e. The third-order valence-corrected chi connectivity index (χ3v) is 13.6. The maximum atomic E-state index is 7.62. The molecule has 2 heterocycles. The van der Waals surface area contributed by atoms with E-state index in [0.717, 1.165) is 25.7 Å². The summed E-state index contributed by atoms with van der Waals surface area (Å²) in [5.74, 6) is 0. The van der Waals surface area contributed by atoms with E-state index in [1.54, 1.807) is 0 Å². The van der Waals surface area contributed by atoms with Gasteiger partial charge in [-0.3, -0.25) is 0 Å². The van der Waals surface area contributed by atoms with Gasteiger partial charge in [-0.15, -0.1) is 0 Å². The number of hydrogen-bond donors (Lipinski definition) is 0. The third kappa shape index (κ3) is 17.4. The number of ether oxygens (including phenoxy) is 3. The van der Waals surface area contributed by atoms with Crippen LogP contribution < -0.4 is 0 Å². The smallest absolute Gasteiger partial charge is 0.118 e. The van der Waals surface area contributed by atoms with Crippen LogP contribution in [0.15, 0.2) is 60.7 Å². The molecule has 2 aromatic rings. The lowest BCUT2D eigenvalue weighted by atomic mass is 9.86. The van der Waals surface area contributed by atoms with E-state index >= 15 is 0 Å². The normalized spacial score (nSPS) is 19.1. The van der Waals surface area contributed by atoms with Crippen LogP contribution >= 0.6 is 0 Å². The molecule has 0 radical (unpaired) electrons. The van der Waals surface area contributed by atoms with Gasteiger partial charge in [0.2, 0.25) is 0 Å². The number of epoxide rings is 2. The van der Waals surface area contributed by atoms with Crippen LogP contribution in [0.2, 0.25) is 0 Å². The molecule has 57 heavy (non-hydrogen) atoms. The molecule has 4 unspecified atom stereocenters. The van der Waals surface area contributed by atoms with E-state index in [4.69, 9.17) is 14.2 Å². The number of hydrogen-bond acceptors (Lipinski definition) is 3. The van der Waals surface area contributed by atoms with Crippen LogP contribution in [0.25, 0.3) is 0 Å². The van der Waals surface area contributed by atoms with Crippen LogP contribution in [0, 0.1) is 0 Å². The average molecular weight is 787 g/mol. The molecule has 0 saturated carbocycles. The van der Waals surface area contributed by atoms with Crippen molar-refractivity contribution < 1.29 is 14.2 Å². The highest BCUT2D eigenvalue weighted by Gasteiger charge is 2.63. The molecule has 0 N–H and O–H groups in total. The second kappa shape index (κ2) is 28.7. The van der Waals surface area contributed by atoms with Gasteiger partial charge in [-0.1, -0.05) is 268 Å². The van der Waals surface area contributed by atoms with Gasteiger partial charge in [0.1, 0.15) is 24.4 Å². The summed E-state index contributed by atoms with van der Waals surface area (Å²) in [6, 6.07) is 22.2. The largest absolute Gasteiger partial charge is 0.363 e. The molecule has 0 aromatic heterocycles. The van der Waals surface area contributed by atoms with Crippen LogP contribution in [-0.2, 0) is 14.2 Å². The van der Waals surface area contributed by atoms with Crippen molar-refractivity contribution in [3.8, 4) is 0 Å². The molecular weight excluding hydrogens is 697 g/mol. The van der Waals surface area contributed by atoms with Crippen molar-refractivity contribution >= 4 is 0 Å². The minimum Gasteiger partial charge on any atom is -0.363 e. The summed E-state index contributed by atoms with van der Waals surface area (Å²) in [6.45, 7) is 9.25. The van der Waals surface area contributed by atoms with Gasteiger partial charge in [0.05, 0.1) is 11.2 Å². The van der Waals surface area contributed by atoms with Crippen molar-refractivity contribution in [1.29, 1.82) is 0 Å². The summed E-state index contributed by atoms with van der Waals surface area (Å²) < 4.78 is 21.8. The van der Waals surface area contributed by atoms with E-state index in [1.165, 1.54) is 191 Å². The van der Waals surface area contributed by atoms with Crippen LogP contribution in [0.5, 0.6) is 0 Å². The zero-order chi connectivity index (χ0) is 40.3. The lowest BCUT2D eigenvalue weighted by Gasteiger charge is -2.27. The van der Waals surface area contributed by atoms with Crippen LogP contribution in [-0.4, -0.2) is 23.4 Å². The summed E-state index contributed by atoms with van der Waals surface area (Å²) in [5, 5.41) is 0. The van der Waals surface area contributed by atoms with Gasteiger partial charge in [-0.25, -0.2) is 0 Å². The Bertz CT molecular complexity index is 1100. The van der Waals surface area contributed by atoms with Gasteiger partial charge < -0.3 is 14.2 Å². The first-order valence-corrected chi connectivity index (χ1v) is 25.2. The summed E-state index contributed by atoms with van der Waals surface area (Å²) in [7, 11) is 0. The molecule has 4 atom stereocenters. The zero-order valence-electron chi connectivity index (χ0n) is 37.9. The highest BCUT2D eigenvalue weighted by atomic mass is 16.7. The minimum absolute atomic E-state index is 0.0777. The first kappa shape index (κ1) is 48.0. The van der Waals surface area contributed by atoms with Gasteiger partial charge in [0.15, 0.2) is 0 Å². The lowest BCUT2D eigenvalue weighted by Crippen LogP contribution is -2.27. The fourth-order valence-electron chi connectivity index (χ4n) is 9.79. The summed E-state index contributed by atoms with van der Waals surface area (Å²) in [6.07, 6.45) is 42.1. The van der Waals surface area contributed by atoms with Gasteiger partial charge in [0, 0.05) is 0 Å². The number of rotatable bonds is 38. The second-order valence-corrected chi connectivity index (χ2v) is 18.5. The lowest BCUT2D eigenvalue weighted by molar-refractivity contribution is -0.0425. The van der Waals surface area contributed by atoms with E-state index in [9.17, 15) is 0 Å². The quantitative estimate of drug-likeness (QED) is 0.0502. The first-order chi connectivity index (χ1) is 28.1. The SMILES string of the molecule is CCCCCCCCCC1(CCCCCCCCC)OC1C(OC(c1ccccc1)C1OC1(CCCCCCCCC)CCCCCCCCC)c1ccccc1. The predicted molar refractivity (Wildman–Crippen MR) is 245 cm³/mol. The predicted octanol–water partition coefficient (Wildman–Crippen LogP) is 17.3. The number of unbranched alkanes of at least 4 members (excludes halogenated alkanes) is 24. The first-order valence-electron chi connectivity index (χ1n) is 25.2. The zero-order valence-corrected chi connectivity index (χ0v) is 37.9. The van der Waals surface area contributed by atoms with Crippen molar-refractivity contribution in [3.05, 3.63) is 71.8 Å². The average Bonchev–Trinajstić information content (AvgIpc) is 4.15. The Morgan fingerprint density at radius 2 is 0.614 bits per heavy atom. The second-order valence-electron chi connectivity index (χ2n) is 18.5. The van der Waals surface area contributed by atoms with Gasteiger partial charge in [-0.05, 0) is 36.8 Å². The molecule has 3 heteroatoms. The number of benzene rings is 2. The molecule has 0 amide bonds. The Balaban J connectivity index is 1.51. The Labute approximate surface area is 353 Å². The van der Waals surface area contributed by atoms with Crippen LogP contribution in [0.3, 0.4) is 0 Å². The fourth-order valence-corrected chi connectivity index (χ4v) is 9.79. The Morgan fingerprint density at radius 1 is 0.368 bits per heavy atom. The van der Waals surface area contributed by atoms with Gasteiger partial charge in [0.25, 0.3) is 0 Å². The standard InChI is InChI=1S/C54H90O3/c1-5-9-13-17-21-25-35-43-53(44-36-26-22-18-14-10-6-2)51(56-53)49(47-39-31-29-32-40-47)55-50(48-41-33-30-34-42-48)52-54(57-52,45-37-27-23-19-15-11-7-3)46-38-28-24-20-16-12-8-4/h29-34,39-42,49-52H,5-28,35-38,43-46H2,1-4H3. The summed E-state index contributed by atoms with van der Waals surface area (Å²) in [5.41, 5.74) is 2.36. The summed E-state index contributed by atoms with van der Waals surface area (Å²) >= 11 is 0.